The number of aryl methyl sites for hydroxylation is 1. The number of likely N-dealkylation sites (tertiary alicyclic amines) is 1. The van der Waals surface area contributed by atoms with Crippen LogP contribution in [0.4, 0.5) is 10.3 Å². The van der Waals surface area contributed by atoms with Gasteiger partial charge < -0.3 is 14.9 Å². The van der Waals surface area contributed by atoms with Crippen molar-refractivity contribution in [1.29, 1.82) is 0 Å². The summed E-state index contributed by atoms with van der Waals surface area (Å²) in [6, 6.07) is 6.27. The van der Waals surface area contributed by atoms with E-state index in [2.05, 4.69) is 25.1 Å². The Hall–Kier alpha value is -3.40. The lowest BCUT2D eigenvalue weighted by Crippen LogP contribution is -2.35. The van der Waals surface area contributed by atoms with Crippen molar-refractivity contribution < 1.29 is 14.3 Å². The molecular weight excluding hydrogens is 425 g/mol. The van der Waals surface area contributed by atoms with Crippen LogP contribution >= 0.6 is 0 Å². The van der Waals surface area contributed by atoms with Gasteiger partial charge in [-0.2, -0.15) is 15.0 Å². The average Bonchev–Trinajstić information content (AvgIpc) is 3.48. The van der Waals surface area contributed by atoms with Gasteiger partial charge in [-0.25, -0.2) is 14.4 Å². The van der Waals surface area contributed by atoms with Crippen LogP contribution in [-0.4, -0.2) is 67.1 Å². The summed E-state index contributed by atoms with van der Waals surface area (Å²) in [6.45, 7) is 7.77. The molecule has 5 rings (SSSR count). The quantitative estimate of drug-likeness (QED) is 0.647. The summed E-state index contributed by atoms with van der Waals surface area (Å²) in [7, 11) is 0. The smallest absolute Gasteiger partial charge is 0.259 e. The van der Waals surface area contributed by atoms with E-state index in [1.165, 1.54) is 23.3 Å². The number of aliphatic hydroxyl groups is 1. The molecule has 0 bridgehead atoms. The molecule has 0 unspecified atom stereocenters. The highest BCUT2D eigenvalue weighted by Crippen LogP contribution is 2.35. The lowest BCUT2D eigenvalue weighted by Gasteiger charge is -2.24. The number of amides is 1. The van der Waals surface area contributed by atoms with Crippen LogP contribution in [0.25, 0.3) is 5.69 Å². The Morgan fingerprint density at radius 2 is 1.76 bits per heavy atom. The summed E-state index contributed by atoms with van der Waals surface area (Å²) in [5.41, 5.74) is 0.643. The Bertz CT molecular complexity index is 1180. The van der Waals surface area contributed by atoms with Crippen LogP contribution in [0.1, 0.15) is 35.6 Å². The molecule has 3 aromatic rings. The number of hydrogen-bond acceptors (Lipinski definition) is 7. The van der Waals surface area contributed by atoms with Gasteiger partial charge in [-0.1, -0.05) is 6.07 Å². The van der Waals surface area contributed by atoms with Crippen molar-refractivity contribution >= 4 is 11.9 Å². The highest BCUT2D eigenvalue weighted by Gasteiger charge is 2.43. The van der Waals surface area contributed by atoms with Crippen LogP contribution in [0.5, 0.6) is 0 Å². The molecular formula is C23H26FN7O2. The molecule has 0 saturated carbocycles. The van der Waals surface area contributed by atoms with Crippen molar-refractivity contribution in [1.82, 2.24) is 29.9 Å². The van der Waals surface area contributed by atoms with Crippen molar-refractivity contribution in [2.45, 2.75) is 26.4 Å². The lowest BCUT2D eigenvalue weighted by molar-refractivity contribution is 0.0735. The van der Waals surface area contributed by atoms with E-state index in [9.17, 15) is 14.3 Å². The number of carbonyl (C=O) groups is 1. The zero-order chi connectivity index (χ0) is 23.3. The maximum Gasteiger partial charge on any atom is 0.259 e. The maximum atomic E-state index is 14.7. The van der Waals surface area contributed by atoms with Crippen LogP contribution in [0, 0.1) is 24.6 Å². The maximum absolute atomic E-state index is 14.7. The molecule has 4 heterocycles. The molecule has 33 heavy (non-hydrogen) atoms. The van der Waals surface area contributed by atoms with Crippen molar-refractivity contribution in [3.8, 4) is 5.69 Å². The predicted molar refractivity (Wildman–Crippen MR) is 118 cm³/mol. The highest BCUT2D eigenvalue weighted by molar-refractivity contribution is 5.98. The van der Waals surface area contributed by atoms with Crippen molar-refractivity contribution in [3.63, 3.8) is 0 Å². The van der Waals surface area contributed by atoms with Crippen LogP contribution in [0.3, 0.4) is 0 Å². The number of anilines is 1. The van der Waals surface area contributed by atoms with Gasteiger partial charge in [0, 0.05) is 43.7 Å². The van der Waals surface area contributed by atoms with Crippen molar-refractivity contribution in [2.75, 3.05) is 31.1 Å². The van der Waals surface area contributed by atoms with Gasteiger partial charge in [-0.15, -0.1) is 0 Å². The van der Waals surface area contributed by atoms with E-state index in [4.69, 9.17) is 0 Å². The summed E-state index contributed by atoms with van der Waals surface area (Å²) in [5, 5.41) is 18.5. The largest absolute Gasteiger partial charge is 0.384 e. The number of benzene rings is 1. The zero-order valence-corrected chi connectivity index (χ0v) is 18.8. The van der Waals surface area contributed by atoms with Gasteiger partial charge in [0.25, 0.3) is 5.91 Å². The molecule has 2 saturated heterocycles. The van der Waals surface area contributed by atoms with Gasteiger partial charge in [-0.05, 0) is 39.0 Å². The third kappa shape index (κ3) is 3.95. The summed E-state index contributed by atoms with van der Waals surface area (Å²) in [5.74, 6) is 0.141. The molecule has 10 heteroatoms. The Morgan fingerprint density at radius 1 is 1.09 bits per heavy atom. The second kappa shape index (κ2) is 7.87. The third-order valence-electron chi connectivity index (χ3n) is 6.37. The number of nitrogens with zero attached hydrogens (tertiary/aromatic N) is 7. The molecule has 172 valence electrons. The topological polar surface area (TPSA) is 100 Å². The van der Waals surface area contributed by atoms with Gasteiger partial charge >= 0.3 is 0 Å². The van der Waals surface area contributed by atoms with E-state index >= 15 is 0 Å². The molecule has 0 aliphatic carbocycles. The Balaban J connectivity index is 1.34. The van der Waals surface area contributed by atoms with Crippen molar-refractivity contribution in [2.24, 2.45) is 11.8 Å². The summed E-state index contributed by atoms with van der Waals surface area (Å²) < 4.78 is 14.7. The predicted octanol–water partition coefficient (Wildman–Crippen LogP) is 1.94. The Morgan fingerprint density at radius 3 is 2.39 bits per heavy atom. The minimum absolute atomic E-state index is 0.0117. The molecule has 2 fully saturated rings. The molecule has 0 radical (unpaired) electrons. The first kappa shape index (κ1) is 21.4. The fraction of sp³-hybridized carbons (Fsp3) is 0.435. The number of halogens is 1. The van der Waals surface area contributed by atoms with Gasteiger partial charge in [0.1, 0.15) is 22.7 Å². The van der Waals surface area contributed by atoms with Crippen LogP contribution in [0.2, 0.25) is 0 Å². The highest BCUT2D eigenvalue weighted by atomic mass is 19.1. The molecule has 9 nitrogen and oxygen atoms in total. The molecule has 2 aliphatic heterocycles. The zero-order valence-electron chi connectivity index (χ0n) is 18.8. The summed E-state index contributed by atoms with van der Waals surface area (Å²) in [4.78, 5) is 27.6. The second-order valence-electron chi connectivity index (χ2n) is 9.34. The minimum atomic E-state index is -1.05. The lowest BCUT2D eigenvalue weighted by atomic mass is 10.0. The molecule has 2 aromatic heterocycles. The second-order valence-corrected chi connectivity index (χ2v) is 9.34. The average molecular weight is 452 g/mol. The molecule has 1 aromatic carbocycles. The third-order valence-corrected chi connectivity index (χ3v) is 6.37. The molecule has 2 aliphatic rings. The number of carbonyl (C=O) groups excluding carboxylic acids is 1. The van der Waals surface area contributed by atoms with Crippen LogP contribution < -0.4 is 4.90 Å². The number of hydrogen-bond donors (Lipinski definition) is 1. The van der Waals surface area contributed by atoms with E-state index in [0.717, 1.165) is 5.69 Å². The summed E-state index contributed by atoms with van der Waals surface area (Å²) >= 11 is 0. The van der Waals surface area contributed by atoms with Gasteiger partial charge in [-0.3, -0.25) is 4.79 Å². The van der Waals surface area contributed by atoms with E-state index < -0.39 is 11.4 Å². The SMILES string of the molecule is Cc1cc(C(C)(C)O)nc(N2C[C@H]3CN(C(=O)c4c(F)cccc4-n4nccn4)C[C@H]3C2)n1. The van der Waals surface area contributed by atoms with Gasteiger partial charge in [0.15, 0.2) is 0 Å². The normalized spacial score (nSPS) is 20.4. The monoisotopic (exact) mass is 451 g/mol. The van der Waals surface area contributed by atoms with E-state index in [-0.39, 0.29) is 23.3 Å². The molecule has 1 amide bonds. The van der Waals surface area contributed by atoms with E-state index in [1.807, 2.05) is 6.92 Å². The van der Waals surface area contributed by atoms with Gasteiger partial charge in [0.2, 0.25) is 5.95 Å². The van der Waals surface area contributed by atoms with E-state index in [1.54, 1.807) is 36.9 Å². The van der Waals surface area contributed by atoms with Gasteiger partial charge in [0.05, 0.1) is 18.1 Å². The molecule has 0 spiro atoms. The first-order chi connectivity index (χ1) is 15.7. The molecule has 2 atom stereocenters. The Kier molecular flexibility index (Phi) is 5.12. The fourth-order valence-electron chi connectivity index (χ4n) is 4.72. The van der Waals surface area contributed by atoms with Crippen molar-refractivity contribution in [3.05, 3.63) is 59.4 Å². The minimum Gasteiger partial charge on any atom is -0.384 e. The number of aromatic nitrogens is 5. The standard InChI is InChI=1S/C23H26FN7O2/c1-14-9-19(23(2,3)33)28-22(27-14)30-12-15-10-29(11-16(15)13-30)21(32)20-17(24)5-4-6-18(20)31-25-7-8-26-31/h4-9,15-16,33H,10-13H2,1-3H3/t15-,16+. The number of rotatable bonds is 4. The van der Waals surface area contributed by atoms with E-state index in [0.29, 0.717) is 43.5 Å². The van der Waals surface area contributed by atoms with Crippen LogP contribution in [-0.2, 0) is 5.60 Å². The first-order valence-corrected chi connectivity index (χ1v) is 11.0. The number of fused-ring (bicyclic) bond motifs is 1. The Labute approximate surface area is 190 Å². The fourth-order valence-corrected chi connectivity index (χ4v) is 4.72. The summed E-state index contributed by atoms with van der Waals surface area (Å²) in [6.07, 6.45) is 2.98. The molecule has 1 N–H and O–H groups in total. The first-order valence-electron chi connectivity index (χ1n) is 11.0. The van der Waals surface area contributed by atoms with Crippen LogP contribution in [0.15, 0.2) is 36.7 Å².